The van der Waals surface area contributed by atoms with Gasteiger partial charge in [0.25, 0.3) is 0 Å². The van der Waals surface area contributed by atoms with Crippen LogP contribution < -0.4 is 5.76 Å². The number of nitrogens with one attached hydrogen (secondary N) is 1. The quantitative estimate of drug-likeness (QED) is 0.786. The highest BCUT2D eigenvalue weighted by molar-refractivity contribution is 6.21. The molecule has 0 amide bonds. The molecule has 4 heteroatoms. The minimum Gasteiger partial charge on any atom is -0.408 e. The molecule has 2 rings (SSSR count). The van der Waals surface area contributed by atoms with E-state index in [1.807, 2.05) is 18.2 Å². The number of aromatic nitrogens is 1. The number of oxazole rings is 1. The summed E-state index contributed by atoms with van der Waals surface area (Å²) in [6.45, 7) is 4.36. The van der Waals surface area contributed by atoms with Crippen molar-refractivity contribution in [1.29, 1.82) is 0 Å². The number of alkyl halides is 1. The molecule has 1 N–H and O–H groups in total. The minimum absolute atomic E-state index is 0.0267. The normalized spacial score (nSPS) is 14.7. The number of aromatic amines is 1. The standard InChI is InChI=1S/C15H20ClNO2/c1-3-5-6-10(4-2)14(16)11-7-8-12-13(9-11)19-15(18)17-12/h7-10,14H,3-6H2,1-2H3,(H,17,18). The zero-order valence-electron chi connectivity index (χ0n) is 11.4. The molecule has 0 saturated carbocycles. The number of rotatable bonds is 6. The van der Waals surface area contributed by atoms with Crippen LogP contribution in [0.3, 0.4) is 0 Å². The molecule has 3 nitrogen and oxygen atoms in total. The Morgan fingerprint density at radius 2 is 2.16 bits per heavy atom. The fourth-order valence-corrected chi connectivity index (χ4v) is 2.87. The van der Waals surface area contributed by atoms with E-state index in [9.17, 15) is 4.79 Å². The van der Waals surface area contributed by atoms with E-state index in [1.165, 1.54) is 12.8 Å². The van der Waals surface area contributed by atoms with E-state index in [2.05, 4.69) is 18.8 Å². The highest BCUT2D eigenvalue weighted by Gasteiger charge is 2.19. The van der Waals surface area contributed by atoms with Gasteiger partial charge in [0.15, 0.2) is 5.58 Å². The van der Waals surface area contributed by atoms with Crippen LogP contribution in [0, 0.1) is 5.92 Å². The lowest BCUT2D eigenvalue weighted by Crippen LogP contribution is -2.07. The second kappa shape index (κ2) is 6.29. The first-order valence-corrected chi connectivity index (χ1v) is 7.36. The van der Waals surface area contributed by atoms with Crippen LogP contribution in [0.2, 0.25) is 0 Å². The first-order chi connectivity index (χ1) is 9.15. The van der Waals surface area contributed by atoms with Gasteiger partial charge < -0.3 is 4.42 Å². The van der Waals surface area contributed by atoms with Crippen LogP contribution in [0.4, 0.5) is 0 Å². The molecule has 0 bridgehead atoms. The Morgan fingerprint density at radius 1 is 1.37 bits per heavy atom. The highest BCUT2D eigenvalue weighted by Crippen LogP contribution is 2.35. The lowest BCUT2D eigenvalue weighted by Gasteiger charge is -2.21. The van der Waals surface area contributed by atoms with Gasteiger partial charge in [0, 0.05) is 0 Å². The van der Waals surface area contributed by atoms with E-state index in [1.54, 1.807) is 0 Å². The molecule has 0 saturated heterocycles. The Kier molecular flexibility index (Phi) is 4.70. The van der Waals surface area contributed by atoms with Gasteiger partial charge in [-0.05, 0) is 30.0 Å². The van der Waals surface area contributed by atoms with Crippen LogP contribution in [0.1, 0.15) is 50.5 Å². The van der Waals surface area contributed by atoms with Crippen LogP contribution in [0.25, 0.3) is 11.1 Å². The number of benzene rings is 1. The number of fused-ring (bicyclic) bond motifs is 1. The third-order valence-corrected chi connectivity index (χ3v) is 4.24. The molecule has 0 fully saturated rings. The zero-order chi connectivity index (χ0) is 13.8. The van der Waals surface area contributed by atoms with Crippen molar-refractivity contribution < 1.29 is 4.42 Å². The Labute approximate surface area is 118 Å². The topological polar surface area (TPSA) is 46.0 Å². The second-order valence-corrected chi connectivity index (χ2v) is 5.45. The van der Waals surface area contributed by atoms with Crippen LogP contribution >= 0.6 is 11.6 Å². The van der Waals surface area contributed by atoms with E-state index < -0.39 is 5.76 Å². The second-order valence-electron chi connectivity index (χ2n) is 4.98. The van der Waals surface area contributed by atoms with Gasteiger partial charge >= 0.3 is 5.76 Å². The number of H-pyrrole nitrogens is 1. The summed E-state index contributed by atoms with van der Waals surface area (Å²) in [4.78, 5) is 13.8. The fraction of sp³-hybridized carbons (Fsp3) is 0.533. The van der Waals surface area contributed by atoms with Crippen LogP contribution in [0.5, 0.6) is 0 Å². The number of hydrogen-bond acceptors (Lipinski definition) is 2. The Morgan fingerprint density at radius 3 is 2.84 bits per heavy atom. The summed E-state index contributed by atoms with van der Waals surface area (Å²) < 4.78 is 5.08. The molecule has 19 heavy (non-hydrogen) atoms. The maximum absolute atomic E-state index is 11.1. The van der Waals surface area contributed by atoms with Crippen molar-refractivity contribution in [2.45, 2.75) is 44.9 Å². The third kappa shape index (κ3) is 3.21. The number of halogens is 1. The highest BCUT2D eigenvalue weighted by atomic mass is 35.5. The molecule has 104 valence electrons. The van der Waals surface area contributed by atoms with Gasteiger partial charge in [-0.25, -0.2) is 4.79 Å². The molecule has 2 atom stereocenters. The van der Waals surface area contributed by atoms with E-state index in [-0.39, 0.29) is 5.38 Å². The molecule has 1 aromatic carbocycles. The van der Waals surface area contributed by atoms with Crippen molar-refractivity contribution in [3.8, 4) is 0 Å². The smallest absolute Gasteiger partial charge is 0.408 e. The molecule has 2 unspecified atom stereocenters. The maximum Gasteiger partial charge on any atom is 0.417 e. The van der Waals surface area contributed by atoms with Gasteiger partial charge in [-0.3, -0.25) is 4.98 Å². The average Bonchev–Trinajstić information content (AvgIpc) is 2.78. The van der Waals surface area contributed by atoms with E-state index in [4.69, 9.17) is 16.0 Å². The SMILES string of the molecule is CCCCC(CC)C(Cl)c1ccc2[nH]c(=O)oc2c1. The molecule has 2 aromatic rings. The maximum atomic E-state index is 11.1. The summed E-state index contributed by atoms with van der Waals surface area (Å²) in [6, 6.07) is 5.71. The number of unbranched alkanes of at least 4 members (excludes halogenated alkanes) is 1. The zero-order valence-corrected chi connectivity index (χ0v) is 12.2. The van der Waals surface area contributed by atoms with Gasteiger partial charge in [0.2, 0.25) is 0 Å². The van der Waals surface area contributed by atoms with Crippen molar-refractivity contribution in [2.75, 3.05) is 0 Å². The number of hydrogen-bond donors (Lipinski definition) is 1. The molecule has 1 aromatic heterocycles. The summed E-state index contributed by atoms with van der Waals surface area (Å²) in [5.74, 6) is 0.0426. The fourth-order valence-electron chi connectivity index (χ4n) is 2.43. The molecule has 1 heterocycles. The van der Waals surface area contributed by atoms with Gasteiger partial charge in [0.05, 0.1) is 10.9 Å². The Bertz CT molecular complexity index is 587. The molecule has 0 aliphatic heterocycles. The van der Waals surface area contributed by atoms with Crippen molar-refractivity contribution in [1.82, 2.24) is 4.98 Å². The first kappa shape index (κ1) is 14.2. The minimum atomic E-state index is -0.420. The van der Waals surface area contributed by atoms with Gasteiger partial charge in [-0.1, -0.05) is 39.2 Å². The molecular formula is C15H20ClNO2. The van der Waals surface area contributed by atoms with Gasteiger partial charge in [-0.2, -0.15) is 0 Å². The predicted octanol–water partition coefficient (Wildman–Crippen LogP) is 4.62. The van der Waals surface area contributed by atoms with Crippen LogP contribution in [-0.2, 0) is 0 Å². The average molecular weight is 282 g/mol. The predicted molar refractivity (Wildman–Crippen MR) is 78.7 cm³/mol. The van der Waals surface area contributed by atoms with E-state index >= 15 is 0 Å². The van der Waals surface area contributed by atoms with Gasteiger partial charge in [0.1, 0.15) is 0 Å². The van der Waals surface area contributed by atoms with Crippen molar-refractivity contribution in [2.24, 2.45) is 5.92 Å². The molecule has 0 spiro atoms. The van der Waals surface area contributed by atoms with Gasteiger partial charge in [-0.15, -0.1) is 11.6 Å². The third-order valence-electron chi connectivity index (χ3n) is 3.63. The van der Waals surface area contributed by atoms with Crippen LogP contribution in [-0.4, -0.2) is 4.98 Å². The lowest BCUT2D eigenvalue weighted by atomic mass is 9.91. The van der Waals surface area contributed by atoms with Crippen molar-refractivity contribution >= 4 is 22.7 Å². The molecule has 0 aliphatic rings. The molecular weight excluding hydrogens is 262 g/mol. The Balaban J connectivity index is 2.23. The summed E-state index contributed by atoms with van der Waals surface area (Å²) in [5, 5.41) is -0.0267. The van der Waals surface area contributed by atoms with Crippen molar-refractivity contribution in [3.63, 3.8) is 0 Å². The summed E-state index contributed by atoms with van der Waals surface area (Å²) in [7, 11) is 0. The van der Waals surface area contributed by atoms with E-state index in [0.29, 0.717) is 11.5 Å². The summed E-state index contributed by atoms with van der Waals surface area (Å²) >= 11 is 6.59. The summed E-state index contributed by atoms with van der Waals surface area (Å²) in [6.07, 6.45) is 4.58. The molecule has 0 radical (unpaired) electrons. The van der Waals surface area contributed by atoms with Crippen LogP contribution in [0.15, 0.2) is 27.4 Å². The monoisotopic (exact) mass is 281 g/mol. The first-order valence-electron chi connectivity index (χ1n) is 6.92. The largest absolute Gasteiger partial charge is 0.417 e. The summed E-state index contributed by atoms with van der Waals surface area (Å²) in [5.41, 5.74) is 2.33. The van der Waals surface area contributed by atoms with E-state index in [0.717, 1.165) is 23.9 Å². The Hall–Kier alpha value is -1.22. The molecule has 0 aliphatic carbocycles. The lowest BCUT2D eigenvalue weighted by molar-refractivity contribution is 0.437. The van der Waals surface area contributed by atoms with Crippen molar-refractivity contribution in [3.05, 3.63) is 34.3 Å².